The second-order valence-electron chi connectivity index (χ2n) is 3.51. The summed E-state index contributed by atoms with van der Waals surface area (Å²) in [5, 5.41) is 15.9. The Morgan fingerprint density at radius 2 is 2.06 bits per heavy atom. The molecule has 0 amide bonds. The number of hydrogen-bond donors (Lipinski definition) is 1. The fraction of sp³-hybridized carbons (Fsp3) is 0.0909. The fourth-order valence-corrected chi connectivity index (χ4v) is 1.38. The van der Waals surface area contributed by atoms with Gasteiger partial charge in [-0.1, -0.05) is 22.9 Å². The number of aromatic nitrogens is 3. The van der Waals surface area contributed by atoms with E-state index in [1.54, 1.807) is 12.1 Å². The van der Waals surface area contributed by atoms with E-state index in [2.05, 4.69) is 10.3 Å². The summed E-state index contributed by atoms with van der Waals surface area (Å²) in [7, 11) is 0. The van der Waals surface area contributed by atoms with Crippen molar-refractivity contribution in [1.29, 1.82) is 5.26 Å². The molecule has 17 heavy (non-hydrogen) atoms. The molecule has 0 aliphatic carbocycles. The summed E-state index contributed by atoms with van der Waals surface area (Å²) in [6.07, 6.45) is 0. The molecule has 6 heteroatoms. The van der Waals surface area contributed by atoms with Gasteiger partial charge >= 0.3 is 0 Å². The molecule has 1 heterocycles. The highest BCUT2D eigenvalue weighted by molar-refractivity contribution is 6.08. The number of nitriles is 1. The van der Waals surface area contributed by atoms with Crippen LogP contribution in [0, 0.1) is 18.3 Å². The molecule has 1 aromatic heterocycles. The second kappa shape index (κ2) is 4.06. The number of anilines is 1. The standard InChI is InChI=1S/C11H9N5O/c1-7-2-4-8(5-3-7)16-11(13)10(14-15-16)9(17)6-12/h2-5H,13H2,1H3. The highest BCUT2D eigenvalue weighted by Gasteiger charge is 2.17. The minimum absolute atomic E-state index is 0.0698. The molecule has 0 saturated heterocycles. The van der Waals surface area contributed by atoms with Crippen LogP contribution in [0.5, 0.6) is 0 Å². The van der Waals surface area contributed by atoms with Crippen molar-refractivity contribution in [3.05, 3.63) is 35.5 Å². The highest BCUT2D eigenvalue weighted by Crippen LogP contribution is 2.15. The molecule has 1 aromatic carbocycles. The van der Waals surface area contributed by atoms with Crippen molar-refractivity contribution < 1.29 is 4.79 Å². The molecule has 0 atom stereocenters. The smallest absolute Gasteiger partial charge is 0.286 e. The first kappa shape index (κ1) is 10.8. The first-order valence-electron chi connectivity index (χ1n) is 4.86. The van der Waals surface area contributed by atoms with Crippen molar-refractivity contribution in [3.63, 3.8) is 0 Å². The third-order valence-corrected chi connectivity index (χ3v) is 2.30. The van der Waals surface area contributed by atoms with Crippen LogP contribution >= 0.6 is 0 Å². The quantitative estimate of drug-likeness (QED) is 0.606. The van der Waals surface area contributed by atoms with Gasteiger partial charge in [-0.05, 0) is 19.1 Å². The van der Waals surface area contributed by atoms with E-state index in [9.17, 15) is 4.79 Å². The van der Waals surface area contributed by atoms with Gasteiger partial charge in [0.15, 0.2) is 11.5 Å². The van der Waals surface area contributed by atoms with Crippen LogP contribution in [-0.2, 0) is 0 Å². The first-order chi connectivity index (χ1) is 8.13. The minimum atomic E-state index is -0.791. The molecule has 0 aliphatic rings. The molecule has 6 nitrogen and oxygen atoms in total. The predicted octanol–water partition coefficient (Wildman–Crippen LogP) is 0.864. The second-order valence-corrected chi connectivity index (χ2v) is 3.51. The fourth-order valence-electron chi connectivity index (χ4n) is 1.38. The van der Waals surface area contributed by atoms with Gasteiger partial charge in [-0.25, -0.2) is 0 Å². The summed E-state index contributed by atoms with van der Waals surface area (Å²) in [6, 6.07) is 8.86. The van der Waals surface area contributed by atoms with Gasteiger partial charge in [-0.2, -0.15) is 9.94 Å². The zero-order valence-electron chi connectivity index (χ0n) is 9.08. The van der Waals surface area contributed by atoms with Gasteiger partial charge in [0.25, 0.3) is 5.78 Å². The van der Waals surface area contributed by atoms with Crippen LogP contribution in [0.3, 0.4) is 0 Å². The number of nitrogens with zero attached hydrogens (tertiary/aromatic N) is 4. The van der Waals surface area contributed by atoms with Crippen molar-refractivity contribution >= 4 is 11.6 Å². The summed E-state index contributed by atoms with van der Waals surface area (Å²) in [4.78, 5) is 11.2. The van der Waals surface area contributed by atoms with Crippen LogP contribution in [0.4, 0.5) is 5.82 Å². The molecule has 2 aromatic rings. The molecule has 2 rings (SSSR count). The van der Waals surface area contributed by atoms with Crippen LogP contribution in [0.2, 0.25) is 0 Å². The number of hydrogen-bond acceptors (Lipinski definition) is 5. The number of aryl methyl sites for hydroxylation is 1. The number of nitrogen functional groups attached to an aromatic ring is 1. The Kier molecular flexibility index (Phi) is 2.58. The molecule has 2 N–H and O–H groups in total. The van der Waals surface area contributed by atoms with Crippen molar-refractivity contribution in [2.75, 3.05) is 5.73 Å². The normalized spacial score (nSPS) is 9.88. The van der Waals surface area contributed by atoms with Crippen LogP contribution in [0.25, 0.3) is 5.69 Å². The van der Waals surface area contributed by atoms with E-state index in [1.165, 1.54) is 10.8 Å². The van der Waals surface area contributed by atoms with Gasteiger partial charge in [-0.15, -0.1) is 5.10 Å². The first-order valence-corrected chi connectivity index (χ1v) is 4.86. The Balaban J connectivity index is 2.48. The van der Waals surface area contributed by atoms with E-state index in [-0.39, 0.29) is 11.5 Å². The Hall–Kier alpha value is -2.68. The molecule has 0 spiro atoms. The number of Topliss-reactive ketones (excluding diaryl/α,β-unsaturated/α-hetero) is 1. The van der Waals surface area contributed by atoms with E-state index >= 15 is 0 Å². The Morgan fingerprint density at radius 3 is 2.65 bits per heavy atom. The summed E-state index contributed by atoms with van der Waals surface area (Å²) in [5.74, 6) is -0.721. The van der Waals surface area contributed by atoms with Gasteiger partial charge in [0.2, 0.25) is 0 Å². The number of nitrogens with two attached hydrogens (primary N) is 1. The van der Waals surface area contributed by atoms with Crippen LogP contribution in [0.15, 0.2) is 24.3 Å². The maximum absolute atomic E-state index is 11.2. The van der Waals surface area contributed by atoms with Crippen molar-refractivity contribution in [2.45, 2.75) is 6.92 Å². The minimum Gasteiger partial charge on any atom is -0.382 e. The molecule has 0 aliphatic heterocycles. The summed E-state index contributed by atoms with van der Waals surface area (Å²) in [6.45, 7) is 1.96. The van der Waals surface area contributed by atoms with Crippen LogP contribution < -0.4 is 5.73 Å². The number of benzene rings is 1. The Labute approximate surface area is 97.3 Å². The molecule has 0 radical (unpaired) electrons. The molecule has 0 fully saturated rings. The third-order valence-electron chi connectivity index (χ3n) is 2.30. The average Bonchev–Trinajstić information content (AvgIpc) is 2.71. The largest absolute Gasteiger partial charge is 0.382 e. The lowest BCUT2D eigenvalue weighted by Crippen LogP contribution is -2.05. The molecular weight excluding hydrogens is 218 g/mol. The monoisotopic (exact) mass is 227 g/mol. The summed E-state index contributed by atoms with van der Waals surface area (Å²) < 4.78 is 1.32. The number of carbonyl (C=O) groups excluding carboxylic acids is 1. The van der Waals surface area contributed by atoms with Crippen LogP contribution in [-0.4, -0.2) is 20.8 Å². The average molecular weight is 227 g/mol. The summed E-state index contributed by atoms with van der Waals surface area (Å²) >= 11 is 0. The zero-order chi connectivity index (χ0) is 12.4. The lowest BCUT2D eigenvalue weighted by molar-refractivity contribution is 0.105. The maximum Gasteiger partial charge on any atom is 0.286 e. The Bertz CT molecular complexity index is 606. The molecule has 0 saturated carbocycles. The van der Waals surface area contributed by atoms with Gasteiger partial charge in [0, 0.05) is 0 Å². The Morgan fingerprint density at radius 1 is 1.41 bits per heavy atom. The molecular formula is C11H9N5O. The van der Waals surface area contributed by atoms with E-state index in [0.717, 1.165) is 5.56 Å². The number of carbonyl (C=O) groups is 1. The number of rotatable bonds is 2. The zero-order valence-corrected chi connectivity index (χ0v) is 9.08. The van der Waals surface area contributed by atoms with Crippen LogP contribution in [0.1, 0.15) is 16.1 Å². The third kappa shape index (κ3) is 1.86. The van der Waals surface area contributed by atoms with Gasteiger partial charge < -0.3 is 5.73 Å². The lowest BCUT2D eigenvalue weighted by atomic mass is 10.2. The van der Waals surface area contributed by atoms with E-state index in [0.29, 0.717) is 5.69 Å². The predicted molar refractivity (Wildman–Crippen MR) is 60.5 cm³/mol. The maximum atomic E-state index is 11.2. The highest BCUT2D eigenvalue weighted by atomic mass is 16.1. The lowest BCUT2D eigenvalue weighted by Gasteiger charge is -2.02. The van der Waals surface area contributed by atoms with Gasteiger partial charge in [0.05, 0.1) is 5.69 Å². The van der Waals surface area contributed by atoms with Gasteiger partial charge in [0.1, 0.15) is 6.07 Å². The number of ketones is 1. The van der Waals surface area contributed by atoms with Gasteiger partial charge in [-0.3, -0.25) is 4.79 Å². The van der Waals surface area contributed by atoms with E-state index in [4.69, 9.17) is 11.0 Å². The van der Waals surface area contributed by atoms with Crippen molar-refractivity contribution in [2.24, 2.45) is 0 Å². The van der Waals surface area contributed by atoms with E-state index in [1.807, 2.05) is 19.1 Å². The van der Waals surface area contributed by atoms with Crippen molar-refractivity contribution in [3.8, 4) is 11.8 Å². The summed E-state index contributed by atoms with van der Waals surface area (Å²) in [5.41, 5.74) is 7.39. The SMILES string of the molecule is Cc1ccc(-n2nnc(C(=O)C#N)c2N)cc1. The van der Waals surface area contributed by atoms with E-state index < -0.39 is 5.78 Å². The molecule has 0 bridgehead atoms. The van der Waals surface area contributed by atoms with Crippen molar-refractivity contribution in [1.82, 2.24) is 15.0 Å². The molecule has 0 unspecified atom stereocenters. The molecule has 84 valence electrons. The topological polar surface area (TPSA) is 97.6 Å².